The van der Waals surface area contributed by atoms with E-state index < -0.39 is 28.5 Å². The normalized spacial score (nSPS) is 14.8. The number of nitrogens with zero attached hydrogens (tertiary/aromatic N) is 2. The summed E-state index contributed by atoms with van der Waals surface area (Å²) in [5.41, 5.74) is 0.671. The molecule has 0 aliphatic heterocycles. The first-order valence-corrected chi connectivity index (χ1v) is 14.7. The lowest BCUT2D eigenvalue weighted by Crippen LogP contribution is -2.52. The minimum Gasteiger partial charge on any atom is -0.495 e. The second kappa shape index (κ2) is 12.6. The van der Waals surface area contributed by atoms with Crippen molar-refractivity contribution in [2.24, 2.45) is 0 Å². The predicted molar refractivity (Wildman–Crippen MR) is 147 cm³/mol. The first kappa shape index (κ1) is 29.4. The first-order valence-electron chi connectivity index (χ1n) is 11.8. The summed E-state index contributed by atoms with van der Waals surface area (Å²) in [6.07, 6.45) is 4.81. The fourth-order valence-corrected chi connectivity index (χ4v) is 5.74. The maximum Gasteiger partial charge on any atom is 0.244 e. The number of carbonyl (C=O) groups is 2. The van der Waals surface area contributed by atoms with Gasteiger partial charge >= 0.3 is 0 Å². The number of amides is 2. The molecule has 1 saturated carbocycles. The van der Waals surface area contributed by atoms with Crippen LogP contribution in [0.25, 0.3) is 0 Å². The molecule has 8 nitrogen and oxygen atoms in total. The zero-order chi connectivity index (χ0) is 27.3. The zero-order valence-electron chi connectivity index (χ0n) is 20.8. The van der Waals surface area contributed by atoms with Crippen molar-refractivity contribution in [3.8, 4) is 5.75 Å². The summed E-state index contributed by atoms with van der Waals surface area (Å²) in [4.78, 5) is 28.2. The molecule has 0 spiro atoms. The van der Waals surface area contributed by atoms with Gasteiger partial charge in [-0.05, 0) is 55.7 Å². The summed E-state index contributed by atoms with van der Waals surface area (Å²) < 4.78 is 31.8. The van der Waals surface area contributed by atoms with Crippen LogP contribution in [0.15, 0.2) is 36.4 Å². The number of anilines is 1. The van der Waals surface area contributed by atoms with E-state index in [0.717, 1.165) is 36.2 Å². The maximum absolute atomic E-state index is 13.7. The lowest BCUT2D eigenvalue weighted by atomic mass is 10.1. The van der Waals surface area contributed by atoms with Crippen LogP contribution in [0, 0.1) is 0 Å². The molecule has 12 heteroatoms. The Morgan fingerprint density at radius 3 is 2.30 bits per heavy atom. The Morgan fingerprint density at radius 2 is 1.70 bits per heavy atom. The zero-order valence-corrected chi connectivity index (χ0v) is 23.9. The van der Waals surface area contributed by atoms with Gasteiger partial charge < -0.3 is 15.0 Å². The highest BCUT2D eigenvalue weighted by atomic mass is 35.5. The molecule has 0 saturated heterocycles. The number of carbonyl (C=O) groups excluding carboxylic acids is 2. The van der Waals surface area contributed by atoms with Gasteiger partial charge in [-0.15, -0.1) is 0 Å². The number of rotatable bonds is 10. The molecule has 37 heavy (non-hydrogen) atoms. The Labute approximate surface area is 232 Å². The number of hydrogen-bond acceptors (Lipinski definition) is 5. The molecule has 202 valence electrons. The van der Waals surface area contributed by atoms with Gasteiger partial charge in [-0.1, -0.05) is 53.7 Å². The summed E-state index contributed by atoms with van der Waals surface area (Å²) >= 11 is 18.5. The molecule has 1 atom stereocenters. The summed E-state index contributed by atoms with van der Waals surface area (Å²) in [7, 11) is -2.56. The third kappa shape index (κ3) is 7.66. The van der Waals surface area contributed by atoms with Gasteiger partial charge in [0, 0.05) is 27.7 Å². The van der Waals surface area contributed by atoms with E-state index >= 15 is 0 Å². The number of nitrogens with one attached hydrogen (secondary N) is 1. The molecular formula is C25H30Cl3N3O5S. The molecule has 1 aliphatic rings. The topological polar surface area (TPSA) is 96.0 Å². The number of halogens is 3. The minimum absolute atomic E-state index is 0.0294. The van der Waals surface area contributed by atoms with Crippen LogP contribution in [0.1, 0.15) is 38.2 Å². The third-order valence-electron chi connectivity index (χ3n) is 6.31. The average Bonchev–Trinajstić information content (AvgIpc) is 3.33. The second-order valence-electron chi connectivity index (χ2n) is 9.01. The second-order valence-corrected chi connectivity index (χ2v) is 12.2. The summed E-state index contributed by atoms with van der Waals surface area (Å²) in [5.74, 6) is -0.703. The van der Waals surface area contributed by atoms with E-state index in [-0.39, 0.29) is 35.0 Å². The molecule has 0 radical (unpaired) electrons. The van der Waals surface area contributed by atoms with Crippen molar-refractivity contribution in [3.05, 3.63) is 57.0 Å². The minimum atomic E-state index is -3.94. The van der Waals surface area contributed by atoms with Crippen LogP contribution in [0.5, 0.6) is 5.75 Å². The van der Waals surface area contributed by atoms with Crippen molar-refractivity contribution >= 4 is 62.3 Å². The van der Waals surface area contributed by atoms with Gasteiger partial charge in [0.15, 0.2) is 0 Å². The van der Waals surface area contributed by atoms with Crippen LogP contribution in [-0.4, -0.2) is 57.1 Å². The van der Waals surface area contributed by atoms with Gasteiger partial charge in [-0.3, -0.25) is 13.9 Å². The number of ether oxygens (including phenoxy) is 1. The predicted octanol–water partition coefficient (Wildman–Crippen LogP) is 4.90. The van der Waals surface area contributed by atoms with Gasteiger partial charge in [0.2, 0.25) is 21.8 Å². The molecule has 1 unspecified atom stereocenters. The van der Waals surface area contributed by atoms with Crippen molar-refractivity contribution in [2.75, 3.05) is 24.2 Å². The molecule has 0 aromatic heterocycles. The molecule has 1 fully saturated rings. The SMILES string of the molecule is COc1ccc(Cl)cc1N(CC(=O)N(Cc1ccc(Cl)cc1Cl)C(C)C(=O)NC1CCCC1)S(C)(=O)=O. The molecule has 2 amide bonds. The van der Waals surface area contributed by atoms with Gasteiger partial charge in [0.1, 0.15) is 18.3 Å². The van der Waals surface area contributed by atoms with Gasteiger partial charge in [0.25, 0.3) is 0 Å². The number of benzene rings is 2. The Bertz CT molecular complexity index is 1250. The fourth-order valence-electron chi connectivity index (χ4n) is 4.26. The van der Waals surface area contributed by atoms with E-state index in [1.165, 1.54) is 24.1 Å². The lowest BCUT2D eigenvalue weighted by molar-refractivity contribution is -0.139. The van der Waals surface area contributed by atoms with Crippen LogP contribution in [0.4, 0.5) is 5.69 Å². The lowest BCUT2D eigenvalue weighted by Gasteiger charge is -2.32. The molecule has 0 heterocycles. The van der Waals surface area contributed by atoms with Crippen molar-refractivity contribution < 1.29 is 22.7 Å². The van der Waals surface area contributed by atoms with E-state index in [0.29, 0.717) is 15.6 Å². The average molecular weight is 591 g/mol. The molecule has 1 N–H and O–H groups in total. The standard InChI is InChI=1S/C25H30Cl3N3O5S/c1-16(25(33)29-20-6-4-5-7-20)30(14-17-8-9-18(26)12-21(17)28)24(32)15-31(37(3,34)35)22-13-19(27)10-11-23(22)36-2/h8-13,16,20H,4-7,14-15H2,1-3H3,(H,29,33). The molecule has 3 rings (SSSR count). The maximum atomic E-state index is 13.7. The summed E-state index contributed by atoms with van der Waals surface area (Å²) in [6.45, 7) is 0.997. The van der Waals surface area contributed by atoms with Gasteiger partial charge in [-0.2, -0.15) is 0 Å². The number of sulfonamides is 1. The van der Waals surface area contributed by atoms with E-state index in [2.05, 4.69) is 5.32 Å². The van der Waals surface area contributed by atoms with Crippen molar-refractivity contribution in [1.82, 2.24) is 10.2 Å². The third-order valence-corrected chi connectivity index (χ3v) is 8.26. The monoisotopic (exact) mass is 589 g/mol. The number of methoxy groups -OCH3 is 1. The van der Waals surface area contributed by atoms with E-state index in [9.17, 15) is 18.0 Å². The van der Waals surface area contributed by atoms with Crippen molar-refractivity contribution in [1.29, 1.82) is 0 Å². The molecule has 2 aromatic carbocycles. The first-order chi connectivity index (χ1) is 17.4. The Balaban J connectivity index is 1.96. The van der Waals surface area contributed by atoms with Crippen LogP contribution >= 0.6 is 34.8 Å². The van der Waals surface area contributed by atoms with Gasteiger partial charge in [-0.25, -0.2) is 8.42 Å². The Morgan fingerprint density at radius 1 is 1.08 bits per heavy atom. The van der Waals surface area contributed by atoms with Crippen LogP contribution in [-0.2, 0) is 26.2 Å². The van der Waals surface area contributed by atoms with Crippen LogP contribution in [0.2, 0.25) is 15.1 Å². The smallest absolute Gasteiger partial charge is 0.244 e. The van der Waals surface area contributed by atoms with E-state index in [1.54, 1.807) is 31.2 Å². The van der Waals surface area contributed by atoms with Crippen molar-refractivity contribution in [3.63, 3.8) is 0 Å². The largest absolute Gasteiger partial charge is 0.495 e. The fraction of sp³-hybridized carbons (Fsp3) is 0.440. The van der Waals surface area contributed by atoms with Crippen molar-refractivity contribution in [2.45, 2.75) is 51.2 Å². The number of hydrogen-bond donors (Lipinski definition) is 1. The quantitative estimate of drug-likeness (QED) is 0.425. The van der Waals surface area contributed by atoms with E-state index in [4.69, 9.17) is 39.5 Å². The molecule has 2 aromatic rings. The highest BCUT2D eigenvalue weighted by Gasteiger charge is 2.32. The summed E-state index contributed by atoms with van der Waals surface area (Å²) in [5, 5.41) is 4.03. The highest BCUT2D eigenvalue weighted by molar-refractivity contribution is 7.92. The Kier molecular flexibility index (Phi) is 9.97. The molecule has 0 bridgehead atoms. The van der Waals surface area contributed by atoms with Crippen LogP contribution in [0.3, 0.4) is 0 Å². The molecular weight excluding hydrogens is 561 g/mol. The van der Waals surface area contributed by atoms with Crippen LogP contribution < -0.4 is 14.4 Å². The summed E-state index contributed by atoms with van der Waals surface area (Å²) in [6, 6.07) is 8.47. The van der Waals surface area contributed by atoms with Gasteiger partial charge in [0.05, 0.1) is 19.1 Å². The van der Waals surface area contributed by atoms with E-state index in [1.807, 2.05) is 0 Å². The Hall–Kier alpha value is -2.20. The molecule has 1 aliphatic carbocycles. The highest BCUT2D eigenvalue weighted by Crippen LogP contribution is 2.33.